The first-order chi connectivity index (χ1) is 7.79. The second-order valence-electron chi connectivity index (χ2n) is 3.77. The van der Waals surface area contributed by atoms with Gasteiger partial charge in [-0.3, -0.25) is 4.68 Å². The van der Waals surface area contributed by atoms with Gasteiger partial charge in [0.25, 0.3) is 0 Å². The average molecular weight is 236 g/mol. The molecule has 5 heteroatoms. The van der Waals surface area contributed by atoms with E-state index in [1.165, 1.54) is 5.01 Å². The quantitative estimate of drug-likeness (QED) is 0.806. The molecule has 0 amide bonds. The molecule has 0 unspecified atom stereocenters. The van der Waals surface area contributed by atoms with Crippen LogP contribution in [0.25, 0.3) is 11.3 Å². The molecule has 0 saturated heterocycles. The zero-order valence-corrected chi connectivity index (χ0v) is 10.2. The van der Waals surface area contributed by atoms with Gasteiger partial charge < -0.3 is 5.73 Å². The van der Waals surface area contributed by atoms with Crippen LogP contribution >= 0.6 is 11.3 Å². The molecule has 16 heavy (non-hydrogen) atoms. The van der Waals surface area contributed by atoms with E-state index in [0.29, 0.717) is 0 Å². The highest BCUT2D eigenvalue weighted by Gasteiger charge is 2.05. The molecule has 0 aliphatic heterocycles. The maximum absolute atomic E-state index is 5.46. The summed E-state index contributed by atoms with van der Waals surface area (Å²) in [5.74, 6) is 0. The lowest BCUT2D eigenvalue weighted by Crippen LogP contribution is -1.98. The van der Waals surface area contributed by atoms with Crippen LogP contribution in [-0.4, -0.2) is 21.3 Å². The van der Waals surface area contributed by atoms with Crippen LogP contribution in [0.4, 0.5) is 0 Å². The van der Waals surface area contributed by atoms with Gasteiger partial charge in [0.2, 0.25) is 0 Å². The summed E-state index contributed by atoms with van der Waals surface area (Å²) in [4.78, 5) is 4.59. The predicted octanol–water partition coefficient (Wildman–Crippen LogP) is 1.82. The molecular weight excluding hydrogens is 220 g/mol. The Morgan fingerprint density at radius 1 is 1.44 bits per heavy atom. The fourth-order valence-electron chi connectivity index (χ4n) is 1.53. The predicted molar refractivity (Wildman–Crippen MR) is 66.3 cm³/mol. The number of nitrogens with two attached hydrogens (primary N) is 1. The van der Waals surface area contributed by atoms with E-state index in [1.807, 2.05) is 19.4 Å². The minimum absolute atomic E-state index is 0.765. The summed E-state index contributed by atoms with van der Waals surface area (Å²) < 4.78 is 1.79. The molecule has 0 saturated carbocycles. The van der Waals surface area contributed by atoms with Crippen LogP contribution < -0.4 is 5.73 Å². The van der Waals surface area contributed by atoms with Gasteiger partial charge in [0.1, 0.15) is 0 Å². The Morgan fingerprint density at radius 2 is 2.31 bits per heavy atom. The first-order valence-corrected chi connectivity index (χ1v) is 6.31. The van der Waals surface area contributed by atoms with Crippen molar-refractivity contribution in [3.63, 3.8) is 0 Å². The van der Waals surface area contributed by atoms with Crippen molar-refractivity contribution < 1.29 is 0 Å². The van der Waals surface area contributed by atoms with Crippen LogP contribution in [0, 0.1) is 0 Å². The SMILES string of the molecule is Cn1cc(-c2csc(CCCCN)n2)cn1. The summed E-state index contributed by atoms with van der Waals surface area (Å²) in [5, 5.41) is 7.42. The summed E-state index contributed by atoms with van der Waals surface area (Å²) in [7, 11) is 1.91. The first-order valence-electron chi connectivity index (χ1n) is 5.43. The Morgan fingerprint density at radius 3 is 3.00 bits per heavy atom. The van der Waals surface area contributed by atoms with Crippen LogP contribution in [0.5, 0.6) is 0 Å². The zero-order chi connectivity index (χ0) is 11.4. The van der Waals surface area contributed by atoms with Gasteiger partial charge in [-0.1, -0.05) is 0 Å². The van der Waals surface area contributed by atoms with Gasteiger partial charge in [0.05, 0.1) is 16.9 Å². The second-order valence-corrected chi connectivity index (χ2v) is 4.72. The number of rotatable bonds is 5. The fourth-order valence-corrected chi connectivity index (χ4v) is 2.38. The summed E-state index contributed by atoms with van der Waals surface area (Å²) in [6.07, 6.45) is 7.05. The Balaban J connectivity index is 2.02. The van der Waals surface area contributed by atoms with Gasteiger partial charge in [-0.05, 0) is 25.8 Å². The smallest absolute Gasteiger partial charge is 0.0932 e. The van der Waals surface area contributed by atoms with Crippen molar-refractivity contribution in [3.8, 4) is 11.3 Å². The van der Waals surface area contributed by atoms with Gasteiger partial charge in [0, 0.05) is 24.2 Å². The van der Waals surface area contributed by atoms with Gasteiger partial charge >= 0.3 is 0 Å². The van der Waals surface area contributed by atoms with E-state index in [1.54, 1.807) is 16.0 Å². The van der Waals surface area contributed by atoms with Crippen LogP contribution in [0.1, 0.15) is 17.8 Å². The van der Waals surface area contributed by atoms with Crippen molar-refractivity contribution in [1.29, 1.82) is 0 Å². The maximum atomic E-state index is 5.46. The normalized spacial score (nSPS) is 10.9. The highest BCUT2D eigenvalue weighted by Crippen LogP contribution is 2.21. The van der Waals surface area contributed by atoms with Crippen molar-refractivity contribution in [3.05, 3.63) is 22.8 Å². The number of unbranched alkanes of at least 4 members (excludes halogenated alkanes) is 1. The average Bonchev–Trinajstić information content (AvgIpc) is 2.87. The lowest BCUT2D eigenvalue weighted by molar-refractivity contribution is 0.742. The van der Waals surface area contributed by atoms with Crippen LogP contribution in [0.15, 0.2) is 17.8 Å². The van der Waals surface area contributed by atoms with Crippen molar-refractivity contribution in [2.75, 3.05) is 6.54 Å². The summed E-state index contributed by atoms with van der Waals surface area (Å²) in [6.45, 7) is 0.765. The van der Waals surface area contributed by atoms with E-state index in [0.717, 1.165) is 37.1 Å². The highest BCUT2D eigenvalue weighted by atomic mass is 32.1. The molecule has 2 N–H and O–H groups in total. The molecule has 2 heterocycles. The van der Waals surface area contributed by atoms with Gasteiger partial charge in [-0.15, -0.1) is 11.3 Å². The molecule has 2 aromatic rings. The number of aryl methyl sites for hydroxylation is 2. The molecule has 0 atom stereocenters. The lowest BCUT2D eigenvalue weighted by Gasteiger charge is -1.94. The Bertz CT molecular complexity index is 446. The highest BCUT2D eigenvalue weighted by molar-refractivity contribution is 7.09. The molecule has 4 nitrogen and oxygen atoms in total. The third-order valence-corrected chi connectivity index (χ3v) is 3.31. The monoisotopic (exact) mass is 236 g/mol. The van der Waals surface area contributed by atoms with Crippen molar-refractivity contribution in [2.45, 2.75) is 19.3 Å². The standard InChI is InChI=1S/C11H16N4S/c1-15-7-9(6-13-15)10-8-16-11(14-10)4-2-3-5-12/h6-8H,2-5,12H2,1H3. The first kappa shape index (κ1) is 11.3. The lowest BCUT2D eigenvalue weighted by atomic mass is 10.2. The number of hydrogen-bond donors (Lipinski definition) is 1. The topological polar surface area (TPSA) is 56.7 Å². The van der Waals surface area contributed by atoms with E-state index < -0.39 is 0 Å². The number of aromatic nitrogens is 3. The van der Waals surface area contributed by atoms with Crippen molar-refractivity contribution >= 4 is 11.3 Å². The van der Waals surface area contributed by atoms with Gasteiger partial charge in [-0.2, -0.15) is 5.10 Å². The van der Waals surface area contributed by atoms with E-state index in [-0.39, 0.29) is 0 Å². The minimum Gasteiger partial charge on any atom is -0.330 e. The number of nitrogens with zero attached hydrogens (tertiary/aromatic N) is 3. The third kappa shape index (κ3) is 2.68. The van der Waals surface area contributed by atoms with E-state index in [2.05, 4.69) is 15.5 Å². The van der Waals surface area contributed by atoms with Crippen molar-refractivity contribution in [1.82, 2.24) is 14.8 Å². The molecule has 0 spiro atoms. The summed E-state index contributed by atoms with van der Waals surface area (Å²) in [5.41, 5.74) is 7.58. The molecule has 0 bridgehead atoms. The van der Waals surface area contributed by atoms with Crippen molar-refractivity contribution in [2.24, 2.45) is 12.8 Å². The third-order valence-electron chi connectivity index (χ3n) is 2.40. The molecule has 2 rings (SSSR count). The Kier molecular flexibility index (Phi) is 3.69. The summed E-state index contributed by atoms with van der Waals surface area (Å²) in [6, 6.07) is 0. The fraction of sp³-hybridized carbons (Fsp3) is 0.455. The minimum atomic E-state index is 0.765. The Labute approximate surface area is 99.1 Å². The van der Waals surface area contributed by atoms with Crippen LogP contribution in [-0.2, 0) is 13.5 Å². The molecular formula is C11H16N4S. The Hall–Kier alpha value is -1.20. The van der Waals surface area contributed by atoms with Crippen LogP contribution in [0.2, 0.25) is 0 Å². The van der Waals surface area contributed by atoms with E-state index >= 15 is 0 Å². The molecule has 0 fully saturated rings. The summed E-state index contributed by atoms with van der Waals surface area (Å²) >= 11 is 1.72. The van der Waals surface area contributed by atoms with Crippen LogP contribution in [0.3, 0.4) is 0 Å². The van der Waals surface area contributed by atoms with E-state index in [9.17, 15) is 0 Å². The largest absolute Gasteiger partial charge is 0.330 e. The molecule has 0 radical (unpaired) electrons. The molecule has 86 valence electrons. The number of thiazole rings is 1. The molecule has 2 aromatic heterocycles. The maximum Gasteiger partial charge on any atom is 0.0932 e. The number of hydrogen-bond acceptors (Lipinski definition) is 4. The van der Waals surface area contributed by atoms with E-state index in [4.69, 9.17) is 5.73 Å². The molecule has 0 aliphatic rings. The second kappa shape index (κ2) is 5.23. The zero-order valence-electron chi connectivity index (χ0n) is 9.39. The van der Waals surface area contributed by atoms with Gasteiger partial charge in [0.15, 0.2) is 0 Å². The van der Waals surface area contributed by atoms with Gasteiger partial charge in [-0.25, -0.2) is 4.98 Å². The molecule has 0 aliphatic carbocycles. The molecule has 0 aromatic carbocycles.